The van der Waals surface area contributed by atoms with Gasteiger partial charge in [0.05, 0.1) is 28.9 Å². The summed E-state index contributed by atoms with van der Waals surface area (Å²) in [6, 6.07) is 4.16. The lowest BCUT2D eigenvalue weighted by Crippen LogP contribution is -2.45. The van der Waals surface area contributed by atoms with Crippen molar-refractivity contribution < 1.29 is 9.53 Å². The van der Waals surface area contributed by atoms with Crippen molar-refractivity contribution in [2.75, 3.05) is 11.5 Å². The van der Waals surface area contributed by atoms with Gasteiger partial charge >= 0.3 is 6.03 Å². The number of nitrogens with zero attached hydrogens (tertiary/aromatic N) is 2. The number of hydrogen-bond donors (Lipinski definition) is 2. The van der Waals surface area contributed by atoms with Crippen molar-refractivity contribution in [2.45, 2.75) is 37.4 Å². The van der Waals surface area contributed by atoms with E-state index < -0.39 is 0 Å². The molecule has 3 atom stereocenters. The first kappa shape index (κ1) is 12.7. The third kappa shape index (κ3) is 1.58. The SMILES string of the molecule is N[C@H]1CC[C@@H]2NC(=O)N(c3nc4c5c(ccc4s3)OCC5)[C@@H]21. The number of ether oxygens (including phenoxy) is 1. The van der Waals surface area contributed by atoms with Gasteiger partial charge in [0, 0.05) is 18.0 Å². The van der Waals surface area contributed by atoms with Crippen LogP contribution in [0, 0.1) is 0 Å². The Hall–Kier alpha value is -1.86. The molecule has 1 saturated carbocycles. The average Bonchev–Trinajstić information content (AvgIpc) is 3.22. The minimum Gasteiger partial charge on any atom is -0.493 e. The number of rotatable bonds is 1. The Kier molecular flexibility index (Phi) is 2.49. The molecule has 3 heterocycles. The van der Waals surface area contributed by atoms with Gasteiger partial charge in [-0.1, -0.05) is 11.3 Å². The van der Waals surface area contributed by atoms with E-state index in [2.05, 4.69) is 5.32 Å². The fourth-order valence-corrected chi connectivity index (χ4v) is 4.92. The molecule has 114 valence electrons. The molecule has 5 rings (SSSR count). The molecule has 1 aromatic carbocycles. The van der Waals surface area contributed by atoms with Crippen LogP contribution in [0.15, 0.2) is 12.1 Å². The van der Waals surface area contributed by atoms with E-state index in [1.807, 2.05) is 12.1 Å². The van der Waals surface area contributed by atoms with Gasteiger partial charge in [0.15, 0.2) is 5.13 Å². The lowest BCUT2D eigenvalue weighted by Gasteiger charge is -2.22. The second-order valence-electron chi connectivity index (χ2n) is 6.14. The molecule has 2 amide bonds. The maximum Gasteiger partial charge on any atom is 0.324 e. The number of carbonyl (C=O) groups excluding carboxylic acids is 1. The Balaban J connectivity index is 1.63. The van der Waals surface area contributed by atoms with E-state index in [4.69, 9.17) is 15.5 Å². The van der Waals surface area contributed by atoms with Gasteiger partial charge in [-0.05, 0) is 25.0 Å². The Labute approximate surface area is 131 Å². The van der Waals surface area contributed by atoms with Gasteiger partial charge in [0.1, 0.15) is 5.75 Å². The van der Waals surface area contributed by atoms with E-state index in [0.29, 0.717) is 6.61 Å². The van der Waals surface area contributed by atoms with E-state index in [1.165, 1.54) is 0 Å². The summed E-state index contributed by atoms with van der Waals surface area (Å²) >= 11 is 1.56. The number of thiazole rings is 1. The summed E-state index contributed by atoms with van der Waals surface area (Å²) in [4.78, 5) is 18.9. The molecular formula is C15H16N4O2S. The van der Waals surface area contributed by atoms with Crippen molar-refractivity contribution in [1.29, 1.82) is 0 Å². The van der Waals surface area contributed by atoms with Gasteiger partial charge < -0.3 is 15.8 Å². The number of aromatic nitrogens is 1. The number of hydrogen-bond acceptors (Lipinski definition) is 5. The molecule has 1 aromatic heterocycles. The first-order valence-corrected chi connectivity index (χ1v) is 8.44. The number of nitrogens with one attached hydrogen (secondary N) is 1. The van der Waals surface area contributed by atoms with E-state index in [9.17, 15) is 4.79 Å². The number of nitrogens with two attached hydrogens (primary N) is 1. The molecule has 0 bridgehead atoms. The van der Waals surface area contributed by atoms with Gasteiger partial charge in [-0.25, -0.2) is 9.78 Å². The van der Waals surface area contributed by atoms with Crippen LogP contribution < -0.4 is 20.7 Å². The van der Waals surface area contributed by atoms with Crippen molar-refractivity contribution in [3.05, 3.63) is 17.7 Å². The van der Waals surface area contributed by atoms with E-state index in [0.717, 1.165) is 45.9 Å². The minimum atomic E-state index is -0.0721. The van der Waals surface area contributed by atoms with Crippen LogP contribution in [0.3, 0.4) is 0 Å². The molecule has 0 unspecified atom stereocenters. The maximum absolute atomic E-state index is 12.3. The van der Waals surface area contributed by atoms with Gasteiger partial charge in [0.2, 0.25) is 0 Å². The van der Waals surface area contributed by atoms with Crippen LogP contribution in [-0.2, 0) is 6.42 Å². The number of benzene rings is 1. The second-order valence-corrected chi connectivity index (χ2v) is 7.15. The fourth-order valence-electron chi connectivity index (χ4n) is 3.88. The van der Waals surface area contributed by atoms with Gasteiger partial charge in [-0.2, -0.15) is 0 Å². The zero-order valence-corrected chi connectivity index (χ0v) is 12.7. The molecule has 2 fully saturated rings. The predicted octanol–water partition coefficient (Wildman–Crippen LogP) is 1.62. The predicted molar refractivity (Wildman–Crippen MR) is 84.6 cm³/mol. The van der Waals surface area contributed by atoms with Crippen LogP contribution in [-0.4, -0.2) is 35.7 Å². The number of amides is 2. The molecule has 1 aliphatic carbocycles. The number of fused-ring (bicyclic) bond motifs is 4. The summed E-state index contributed by atoms with van der Waals surface area (Å²) in [7, 11) is 0. The summed E-state index contributed by atoms with van der Waals surface area (Å²) < 4.78 is 6.70. The van der Waals surface area contributed by atoms with Crippen molar-refractivity contribution in [3.63, 3.8) is 0 Å². The van der Waals surface area contributed by atoms with Crippen LogP contribution in [0.5, 0.6) is 5.75 Å². The molecule has 0 spiro atoms. The molecule has 1 saturated heterocycles. The highest BCUT2D eigenvalue weighted by Crippen LogP contribution is 2.40. The Morgan fingerprint density at radius 3 is 3.23 bits per heavy atom. The maximum atomic E-state index is 12.3. The highest BCUT2D eigenvalue weighted by atomic mass is 32.1. The number of urea groups is 1. The second kappa shape index (κ2) is 4.33. The third-order valence-electron chi connectivity index (χ3n) is 4.91. The standard InChI is InChI=1S/C15H16N4O2S/c16-8-1-2-9-13(8)19(14(20)17-9)15-18-12-7-5-6-21-10(7)3-4-11(12)22-15/h3-4,8-9,13H,1-2,5-6,16H2,(H,17,20)/t8-,9-,13+/m0/s1. The first-order valence-electron chi connectivity index (χ1n) is 7.63. The van der Waals surface area contributed by atoms with Crippen LogP contribution in [0.4, 0.5) is 9.93 Å². The first-order chi connectivity index (χ1) is 10.7. The summed E-state index contributed by atoms with van der Waals surface area (Å²) in [6.45, 7) is 0.709. The van der Waals surface area contributed by atoms with Gasteiger partial charge in [-0.15, -0.1) is 0 Å². The van der Waals surface area contributed by atoms with Crippen LogP contribution in [0.25, 0.3) is 10.2 Å². The van der Waals surface area contributed by atoms with Crippen molar-refractivity contribution in [1.82, 2.24) is 10.3 Å². The Bertz CT molecular complexity index is 789. The summed E-state index contributed by atoms with van der Waals surface area (Å²) in [6.07, 6.45) is 2.77. The van der Waals surface area contributed by atoms with Gasteiger partial charge in [0.25, 0.3) is 0 Å². The smallest absolute Gasteiger partial charge is 0.324 e. The zero-order chi connectivity index (χ0) is 14.8. The quantitative estimate of drug-likeness (QED) is 0.838. The van der Waals surface area contributed by atoms with Crippen molar-refractivity contribution in [3.8, 4) is 5.75 Å². The molecular weight excluding hydrogens is 300 g/mol. The Morgan fingerprint density at radius 1 is 1.41 bits per heavy atom. The molecule has 2 aromatic rings. The largest absolute Gasteiger partial charge is 0.493 e. The van der Waals surface area contributed by atoms with Crippen molar-refractivity contribution in [2.24, 2.45) is 5.73 Å². The lowest BCUT2D eigenvalue weighted by molar-refractivity contribution is 0.250. The highest BCUT2D eigenvalue weighted by molar-refractivity contribution is 7.22. The fraction of sp³-hybridized carbons (Fsp3) is 0.467. The average molecular weight is 316 g/mol. The lowest BCUT2D eigenvalue weighted by atomic mass is 10.1. The molecule has 2 aliphatic heterocycles. The molecule has 0 radical (unpaired) electrons. The summed E-state index contributed by atoms with van der Waals surface area (Å²) in [5.74, 6) is 0.922. The Morgan fingerprint density at radius 2 is 2.32 bits per heavy atom. The summed E-state index contributed by atoms with van der Waals surface area (Å²) in [5.41, 5.74) is 8.35. The summed E-state index contributed by atoms with van der Waals surface area (Å²) in [5, 5.41) is 3.79. The van der Waals surface area contributed by atoms with E-state index in [1.54, 1.807) is 16.2 Å². The molecule has 6 nitrogen and oxygen atoms in total. The number of anilines is 1. The third-order valence-corrected chi connectivity index (χ3v) is 5.93. The van der Waals surface area contributed by atoms with Gasteiger partial charge in [-0.3, -0.25) is 4.90 Å². The normalized spacial score (nSPS) is 29.6. The van der Waals surface area contributed by atoms with E-state index in [-0.39, 0.29) is 24.2 Å². The van der Waals surface area contributed by atoms with Crippen molar-refractivity contribution >= 4 is 32.7 Å². The molecule has 3 N–H and O–H groups in total. The van der Waals surface area contributed by atoms with Crippen LogP contribution in [0.1, 0.15) is 18.4 Å². The zero-order valence-electron chi connectivity index (χ0n) is 11.9. The van der Waals surface area contributed by atoms with Crippen LogP contribution >= 0.6 is 11.3 Å². The topological polar surface area (TPSA) is 80.5 Å². The van der Waals surface area contributed by atoms with Crippen LogP contribution in [0.2, 0.25) is 0 Å². The number of carbonyl (C=O) groups is 1. The highest BCUT2D eigenvalue weighted by Gasteiger charge is 2.48. The molecule has 7 heteroatoms. The minimum absolute atomic E-state index is 0.0185. The van der Waals surface area contributed by atoms with E-state index >= 15 is 0 Å². The molecule has 22 heavy (non-hydrogen) atoms. The molecule has 3 aliphatic rings. The monoisotopic (exact) mass is 316 g/mol.